The Morgan fingerprint density at radius 2 is 1.82 bits per heavy atom. The second-order valence-corrected chi connectivity index (χ2v) is 9.47. The van der Waals surface area contributed by atoms with Crippen molar-refractivity contribution < 1.29 is 13.2 Å². The third-order valence-electron chi connectivity index (χ3n) is 4.51. The van der Waals surface area contributed by atoms with Gasteiger partial charge in [-0.15, -0.1) is 10.2 Å². The van der Waals surface area contributed by atoms with Crippen molar-refractivity contribution in [3.8, 4) is 0 Å². The first-order valence-corrected chi connectivity index (χ1v) is 11.9. The molecule has 0 saturated heterocycles. The van der Waals surface area contributed by atoms with Gasteiger partial charge in [-0.25, -0.2) is 8.42 Å². The molecule has 0 bridgehead atoms. The van der Waals surface area contributed by atoms with Gasteiger partial charge in [-0.3, -0.25) is 10.1 Å². The van der Waals surface area contributed by atoms with Gasteiger partial charge < -0.3 is 0 Å². The van der Waals surface area contributed by atoms with Crippen molar-refractivity contribution in [1.82, 2.24) is 14.5 Å². The molecule has 0 aliphatic rings. The summed E-state index contributed by atoms with van der Waals surface area (Å²) in [4.78, 5) is 12.5. The average Bonchev–Trinajstić information content (AvgIpc) is 3.11. The Labute approximate surface area is 175 Å². The molecule has 1 aromatic heterocycles. The number of nitrogens with one attached hydrogen (secondary N) is 1. The van der Waals surface area contributed by atoms with E-state index in [1.165, 1.54) is 33.8 Å². The summed E-state index contributed by atoms with van der Waals surface area (Å²) in [6.07, 6.45) is 1.89. The Balaban J connectivity index is 2.28. The molecule has 0 spiro atoms. The number of hydrogen-bond acceptors (Lipinski definition) is 6. The van der Waals surface area contributed by atoms with Crippen LogP contribution in [0.2, 0.25) is 5.02 Å². The maximum absolute atomic E-state index is 12.8. The Morgan fingerprint density at radius 1 is 1.18 bits per heavy atom. The summed E-state index contributed by atoms with van der Waals surface area (Å²) >= 11 is 7.45. The second kappa shape index (κ2) is 9.78. The van der Waals surface area contributed by atoms with Crippen molar-refractivity contribution >= 4 is 44.0 Å². The molecule has 2 rings (SSSR count). The molecule has 154 valence electrons. The van der Waals surface area contributed by atoms with Gasteiger partial charge in [0, 0.05) is 24.6 Å². The minimum absolute atomic E-state index is 0.0791. The fourth-order valence-corrected chi connectivity index (χ4v) is 5.77. The zero-order chi connectivity index (χ0) is 20.9. The number of carbonyl (C=O) groups is 1. The van der Waals surface area contributed by atoms with Crippen LogP contribution < -0.4 is 5.32 Å². The van der Waals surface area contributed by atoms with Crippen LogP contribution in [-0.4, -0.2) is 41.9 Å². The molecule has 28 heavy (non-hydrogen) atoms. The van der Waals surface area contributed by atoms with Crippen LogP contribution in [0.5, 0.6) is 0 Å². The summed E-state index contributed by atoms with van der Waals surface area (Å²) < 4.78 is 26.9. The highest BCUT2D eigenvalue weighted by atomic mass is 35.5. The molecule has 0 aliphatic carbocycles. The summed E-state index contributed by atoms with van der Waals surface area (Å²) in [5.74, 6) is -0.149. The highest BCUT2D eigenvalue weighted by Crippen LogP contribution is 2.29. The van der Waals surface area contributed by atoms with E-state index in [4.69, 9.17) is 11.6 Å². The van der Waals surface area contributed by atoms with Gasteiger partial charge in [0.2, 0.25) is 15.2 Å². The fraction of sp³-hybridized carbons (Fsp3) is 0.500. The molecule has 1 amide bonds. The molecule has 0 fully saturated rings. The average molecular weight is 445 g/mol. The monoisotopic (exact) mass is 444 g/mol. The molecular formula is C18H25ClN4O3S2. The van der Waals surface area contributed by atoms with E-state index in [1.54, 1.807) is 13.8 Å². The van der Waals surface area contributed by atoms with Gasteiger partial charge in [0.25, 0.3) is 5.91 Å². The SMILES string of the molecule is CCC(CC)c1nnc(NC(=O)c2ccc(Cl)c(S(=O)(=O)N(CC)CC)c2)s1. The molecule has 0 radical (unpaired) electrons. The van der Waals surface area contributed by atoms with Gasteiger partial charge in [-0.1, -0.05) is 50.6 Å². The maximum atomic E-state index is 12.8. The molecule has 2 aromatic rings. The minimum Gasteiger partial charge on any atom is -0.296 e. The maximum Gasteiger partial charge on any atom is 0.257 e. The standard InChI is InChI=1S/C18H25ClN4O3S2/c1-5-12(6-2)17-21-22-18(27-17)20-16(24)13-9-10-14(19)15(11-13)28(25,26)23(7-3)8-4/h9-12H,5-8H2,1-4H3,(H,20,22,24). The number of nitrogens with zero attached hydrogens (tertiary/aromatic N) is 3. The number of amides is 1. The molecule has 0 atom stereocenters. The lowest BCUT2D eigenvalue weighted by atomic mass is 10.1. The lowest BCUT2D eigenvalue weighted by Gasteiger charge is -2.19. The quantitative estimate of drug-likeness (QED) is 0.619. The van der Waals surface area contributed by atoms with Crippen molar-refractivity contribution in [2.45, 2.75) is 51.3 Å². The van der Waals surface area contributed by atoms with E-state index in [0.29, 0.717) is 24.1 Å². The smallest absolute Gasteiger partial charge is 0.257 e. The molecule has 1 aromatic carbocycles. The van der Waals surface area contributed by atoms with E-state index in [0.717, 1.165) is 17.8 Å². The zero-order valence-electron chi connectivity index (χ0n) is 16.4. The van der Waals surface area contributed by atoms with Crippen LogP contribution in [0.3, 0.4) is 0 Å². The summed E-state index contributed by atoms with van der Waals surface area (Å²) in [5, 5.41) is 12.2. The van der Waals surface area contributed by atoms with Gasteiger partial charge >= 0.3 is 0 Å². The Bertz CT molecular complexity index is 923. The van der Waals surface area contributed by atoms with Crippen LogP contribution in [0.1, 0.15) is 61.8 Å². The number of hydrogen-bond donors (Lipinski definition) is 1. The predicted molar refractivity (Wildman–Crippen MR) is 113 cm³/mol. The number of sulfonamides is 1. The number of benzene rings is 1. The van der Waals surface area contributed by atoms with E-state index < -0.39 is 15.9 Å². The first kappa shape index (κ1) is 22.7. The number of anilines is 1. The zero-order valence-corrected chi connectivity index (χ0v) is 18.8. The van der Waals surface area contributed by atoms with Gasteiger partial charge in [0.15, 0.2) is 0 Å². The predicted octanol–water partition coefficient (Wildman–Crippen LogP) is 4.38. The molecule has 10 heteroatoms. The largest absolute Gasteiger partial charge is 0.296 e. The molecule has 0 aliphatic heterocycles. The highest BCUT2D eigenvalue weighted by Gasteiger charge is 2.26. The van der Waals surface area contributed by atoms with Crippen LogP contribution in [0.4, 0.5) is 5.13 Å². The van der Waals surface area contributed by atoms with E-state index >= 15 is 0 Å². The number of rotatable bonds is 9. The topological polar surface area (TPSA) is 92.3 Å². The minimum atomic E-state index is -3.78. The lowest BCUT2D eigenvalue weighted by Crippen LogP contribution is -2.31. The van der Waals surface area contributed by atoms with E-state index in [1.807, 2.05) is 0 Å². The van der Waals surface area contributed by atoms with E-state index in [-0.39, 0.29) is 15.5 Å². The Kier molecular flexibility index (Phi) is 7.94. The van der Waals surface area contributed by atoms with Crippen molar-refractivity contribution in [3.63, 3.8) is 0 Å². The third-order valence-corrected chi connectivity index (χ3v) is 8.05. The molecule has 0 unspecified atom stereocenters. The number of aromatic nitrogens is 2. The highest BCUT2D eigenvalue weighted by molar-refractivity contribution is 7.89. The van der Waals surface area contributed by atoms with E-state index in [9.17, 15) is 13.2 Å². The van der Waals surface area contributed by atoms with Crippen LogP contribution >= 0.6 is 22.9 Å². The summed E-state index contributed by atoms with van der Waals surface area (Å²) in [7, 11) is -3.78. The van der Waals surface area contributed by atoms with Crippen molar-refractivity contribution in [3.05, 3.63) is 33.8 Å². The molecule has 7 nitrogen and oxygen atoms in total. The van der Waals surface area contributed by atoms with Crippen LogP contribution in [0.15, 0.2) is 23.1 Å². The summed E-state index contributed by atoms with van der Waals surface area (Å²) in [6.45, 7) is 8.29. The van der Waals surface area contributed by atoms with Gasteiger partial charge in [0.05, 0.1) is 5.02 Å². The summed E-state index contributed by atoms with van der Waals surface area (Å²) in [5.41, 5.74) is 0.189. The number of halogens is 1. The van der Waals surface area contributed by atoms with Crippen molar-refractivity contribution in [2.75, 3.05) is 18.4 Å². The normalized spacial score (nSPS) is 12.0. The Hall–Kier alpha value is -1.55. The fourth-order valence-electron chi connectivity index (χ4n) is 2.80. The number of carbonyl (C=O) groups excluding carboxylic acids is 1. The van der Waals surface area contributed by atoms with Crippen LogP contribution in [-0.2, 0) is 10.0 Å². The first-order chi connectivity index (χ1) is 13.3. The van der Waals surface area contributed by atoms with Crippen LogP contribution in [0.25, 0.3) is 0 Å². The molecule has 1 heterocycles. The Morgan fingerprint density at radius 3 is 2.39 bits per heavy atom. The van der Waals surface area contributed by atoms with Gasteiger partial charge in [-0.05, 0) is 31.0 Å². The second-order valence-electron chi connectivity index (χ2n) is 6.15. The van der Waals surface area contributed by atoms with Crippen molar-refractivity contribution in [1.29, 1.82) is 0 Å². The molecule has 1 N–H and O–H groups in total. The van der Waals surface area contributed by atoms with Gasteiger partial charge in [-0.2, -0.15) is 4.31 Å². The summed E-state index contributed by atoms with van der Waals surface area (Å²) in [6, 6.07) is 4.21. The van der Waals surface area contributed by atoms with Crippen LogP contribution in [0, 0.1) is 0 Å². The third kappa shape index (κ3) is 4.89. The molecular weight excluding hydrogens is 420 g/mol. The van der Waals surface area contributed by atoms with Gasteiger partial charge in [0.1, 0.15) is 9.90 Å². The van der Waals surface area contributed by atoms with Crippen molar-refractivity contribution in [2.24, 2.45) is 0 Å². The lowest BCUT2D eigenvalue weighted by molar-refractivity contribution is 0.102. The van der Waals surface area contributed by atoms with E-state index in [2.05, 4.69) is 29.4 Å². The first-order valence-electron chi connectivity index (χ1n) is 9.22. The molecule has 0 saturated carbocycles.